The highest BCUT2D eigenvalue weighted by Crippen LogP contribution is 2.38. The van der Waals surface area contributed by atoms with Gasteiger partial charge in [0, 0.05) is 6.42 Å². The van der Waals surface area contributed by atoms with E-state index in [-0.39, 0.29) is 13.2 Å². The molecular weight excluding hydrogens is 372 g/mol. The molecule has 0 spiro atoms. The van der Waals surface area contributed by atoms with E-state index in [4.69, 9.17) is 35.3 Å². The van der Waals surface area contributed by atoms with Crippen molar-refractivity contribution < 1.29 is 28.5 Å². The minimum Gasteiger partial charge on any atom is -0.494 e. The number of halogens is 1. The van der Waals surface area contributed by atoms with Gasteiger partial charge in [0.05, 0.1) is 24.8 Å². The second-order valence-corrected chi connectivity index (χ2v) is 6.22. The SMILES string of the molecule is CCOc1ccc(OCC(=O)OCc2cc(Cl)c3c(c2)OCCCO3)cc1. The number of rotatable bonds is 7. The maximum absolute atomic E-state index is 11.9. The van der Waals surface area contributed by atoms with Gasteiger partial charge in [-0.15, -0.1) is 0 Å². The van der Waals surface area contributed by atoms with Crippen LogP contribution in [-0.4, -0.2) is 32.4 Å². The minimum atomic E-state index is -0.480. The molecule has 0 fully saturated rings. The lowest BCUT2D eigenvalue weighted by Gasteiger charge is -2.12. The predicted molar refractivity (Wildman–Crippen MR) is 100.0 cm³/mol. The van der Waals surface area contributed by atoms with E-state index in [9.17, 15) is 4.79 Å². The maximum Gasteiger partial charge on any atom is 0.344 e. The van der Waals surface area contributed by atoms with E-state index in [0.717, 1.165) is 17.7 Å². The van der Waals surface area contributed by atoms with Gasteiger partial charge in [-0.05, 0) is 48.9 Å². The van der Waals surface area contributed by atoms with Crippen molar-refractivity contribution in [3.63, 3.8) is 0 Å². The summed E-state index contributed by atoms with van der Waals surface area (Å²) in [4.78, 5) is 11.9. The summed E-state index contributed by atoms with van der Waals surface area (Å²) in [6.45, 7) is 3.51. The summed E-state index contributed by atoms with van der Waals surface area (Å²) in [7, 11) is 0. The van der Waals surface area contributed by atoms with Gasteiger partial charge in [0.2, 0.25) is 0 Å². The van der Waals surface area contributed by atoms with Gasteiger partial charge in [-0.1, -0.05) is 11.6 Å². The first-order valence-corrected chi connectivity index (χ1v) is 9.13. The molecule has 0 N–H and O–H groups in total. The Morgan fingerprint density at radius 2 is 1.78 bits per heavy atom. The molecule has 0 radical (unpaired) electrons. The van der Waals surface area contributed by atoms with Crippen LogP contribution >= 0.6 is 11.6 Å². The van der Waals surface area contributed by atoms with Gasteiger partial charge in [0.1, 0.15) is 18.1 Å². The fraction of sp³-hybridized carbons (Fsp3) is 0.350. The monoisotopic (exact) mass is 392 g/mol. The highest BCUT2D eigenvalue weighted by atomic mass is 35.5. The van der Waals surface area contributed by atoms with Crippen LogP contribution < -0.4 is 18.9 Å². The number of fused-ring (bicyclic) bond motifs is 1. The van der Waals surface area contributed by atoms with Gasteiger partial charge >= 0.3 is 5.97 Å². The molecule has 0 unspecified atom stereocenters. The van der Waals surface area contributed by atoms with Crippen molar-refractivity contribution in [1.29, 1.82) is 0 Å². The van der Waals surface area contributed by atoms with Gasteiger partial charge in [-0.2, -0.15) is 0 Å². The highest BCUT2D eigenvalue weighted by Gasteiger charge is 2.16. The molecule has 0 atom stereocenters. The summed E-state index contributed by atoms with van der Waals surface area (Å²) < 4.78 is 27.2. The average Bonchev–Trinajstić information content (AvgIpc) is 2.92. The molecular formula is C20H21ClO6. The molecule has 0 aliphatic carbocycles. The Morgan fingerprint density at radius 3 is 2.52 bits per heavy atom. The topological polar surface area (TPSA) is 63.2 Å². The number of carbonyl (C=O) groups excluding carboxylic acids is 1. The molecule has 0 saturated heterocycles. The highest BCUT2D eigenvalue weighted by molar-refractivity contribution is 6.32. The van der Waals surface area contributed by atoms with Crippen molar-refractivity contribution in [2.75, 3.05) is 26.4 Å². The molecule has 7 heteroatoms. The number of benzene rings is 2. The Hall–Kier alpha value is -2.60. The van der Waals surface area contributed by atoms with Crippen LogP contribution in [0, 0.1) is 0 Å². The smallest absolute Gasteiger partial charge is 0.344 e. The van der Waals surface area contributed by atoms with Crippen LogP contribution in [0.5, 0.6) is 23.0 Å². The summed E-state index contributed by atoms with van der Waals surface area (Å²) in [5.41, 5.74) is 0.721. The molecule has 0 bridgehead atoms. The number of ether oxygens (including phenoxy) is 5. The Bertz CT molecular complexity index is 775. The van der Waals surface area contributed by atoms with Gasteiger partial charge in [0.15, 0.2) is 18.1 Å². The lowest BCUT2D eigenvalue weighted by molar-refractivity contribution is -0.147. The van der Waals surface area contributed by atoms with Crippen molar-refractivity contribution in [2.24, 2.45) is 0 Å². The molecule has 1 aliphatic rings. The van der Waals surface area contributed by atoms with Gasteiger partial charge in [-0.25, -0.2) is 4.79 Å². The van der Waals surface area contributed by atoms with Crippen LogP contribution in [-0.2, 0) is 16.1 Å². The van der Waals surface area contributed by atoms with E-state index in [1.54, 1.807) is 36.4 Å². The van der Waals surface area contributed by atoms with Crippen molar-refractivity contribution in [1.82, 2.24) is 0 Å². The molecule has 27 heavy (non-hydrogen) atoms. The largest absolute Gasteiger partial charge is 0.494 e. The molecule has 3 rings (SSSR count). The van der Waals surface area contributed by atoms with Crippen LogP contribution in [0.2, 0.25) is 5.02 Å². The molecule has 144 valence electrons. The van der Waals surface area contributed by atoms with E-state index >= 15 is 0 Å². The van der Waals surface area contributed by atoms with Crippen molar-refractivity contribution in [2.45, 2.75) is 20.0 Å². The lowest BCUT2D eigenvalue weighted by atomic mass is 10.2. The van der Waals surface area contributed by atoms with Gasteiger partial charge < -0.3 is 23.7 Å². The molecule has 1 heterocycles. The molecule has 0 saturated carbocycles. The standard InChI is InChI=1S/C20H21ClO6/c1-2-23-15-4-6-16(7-5-15)26-13-19(22)27-12-14-10-17(21)20-18(11-14)24-8-3-9-25-20/h4-7,10-11H,2-3,8-9,12-13H2,1H3. The molecule has 1 aliphatic heterocycles. The van der Waals surface area contributed by atoms with Crippen molar-refractivity contribution in [3.8, 4) is 23.0 Å². The second-order valence-electron chi connectivity index (χ2n) is 5.81. The van der Waals surface area contributed by atoms with Crippen LogP contribution in [0.25, 0.3) is 0 Å². The Balaban J connectivity index is 1.50. The summed E-state index contributed by atoms with van der Waals surface area (Å²) in [5.74, 6) is 1.93. The quantitative estimate of drug-likeness (QED) is 0.663. The van der Waals surface area contributed by atoms with Crippen molar-refractivity contribution >= 4 is 17.6 Å². The predicted octanol–water partition coefficient (Wildman–Crippen LogP) is 4.02. The fourth-order valence-electron chi connectivity index (χ4n) is 2.51. The van der Waals surface area contributed by atoms with Crippen LogP contribution in [0.15, 0.2) is 36.4 Å². The number of carbonyl (C=O) groups is 1. The second kappa shape index (κ2) is 9.37. The Kier molecular flexibility index (Phi) is 6.65. The van der Waals surface area contributed by atoms with Crippen LogP contribution in [0.4, 0.5) is 0 Å². The lowest BCUT2D eigenvalue weighted by Crippen LogP contribution is -2.14. The molecule has 2 aromatic rings. The summed E-state index contributed by atoms with van der Waals surface area (Å²) >= 11 is 6.23. The third-order valence-electron chi connectivity index (χ3n) is 3.75. The third-order valence-corrected chi connectivity index (χ3v) is 4.03. The van der Waals surface area contributed by atoms with Crippen LogP contribution in [0.1, 0.15) is 18.9 Å². The number of hydrogen-bond acceptors (Lipinski definition) is 6. The molecule has 6 nitrogen and oxygen atoms in total. The zero-order chi connectivity index (χ0) is 19.1. The summed E-state index contributed by atoms with van der Waals surface area (Å²) in [6.07, 6.45) is 0.790. The maximum atomic E-state index is 11.9. The van der Waals surface area contributed by atoms with Gasteiger partial charge in [-0.3, -0.25) is 0 Å². The fourth-order valence-corrected chi connectivity index (χ4v) is 2.80. The summed E-state index contributed by atoms with van der Waals surface area (Å²) in [6, 6.07) is 10.5. The van der Waals surface area contributed by atoms with E-state index < -0.39 is 5.97 Å². The first-order valence-electron chi connectivity index (χ1n) is 8.75. The summed E-state index contributed by atoms with van der Waals surface area (Å²) in [5, 5.41) is 0.436. The zero-order valence-electron chi connectivity index (χ0n) is 15.0. The first kappa shape index (κ1) is 19.2. The Labute approximate surface area is 162 Å². The molecule has 2 aromatic carbocycles. The third kappa shape index (κ3) is 5.44. The van der Waals surface area contributed by atoms with E-state index in [0.29, 0.717) is 42.1 Å². The first-order chi connectivity index (χ1) is 13.2. The average molecular weight is 393 g/mol. The number of esters is 1. The molecule has 0 aromatic heterocycles. The number of hydrogen-bond donors (Lipinski definition) is 0. The van der Waals surface area contributed by atoms with Gasteiger partial charge in [0.25, 0.3) is 0 Å². The van der Waals surface area contributed by atoms with E-state index in [1.807, 2.05) is 6.92 Å². The minimum absolute atomic E-state index is 0.0713. The van der Waals surface area contributed by atoms with E-state index in [2.05, 4.69) is 0 Å². The zero-order valence-corrected chi connectivity index (χ0v) is 15.8. The molecule has 0 amide bonds. The Morgan fingerprint density at radius 1 is 1.07 bits per heavy atom. The van der Waals surface area contributed by atoms with E-state index in [1.165, 1.54) is 0 Å². The van der Waals surface area contributed by atoms with Crippen LogP contribution in [0.3, 0.4) is 0 Å². The normalized spacial score (nSPS) is 12.8. The van der Waals surface area contributed by atoms with Crippen molar-refractivity contribution in [3.05, 3.63) is 47.0 Å².